The average molecular weight is 263 g/mol. The van der Waals surface area contributed by atoms with E-state index in [-0.39, 0.29) is 16.4 Å². The van der Waals surface area contributed by atoms with Crippen molar-refractivity contribution < 1.29 is 9.18 Å². The smallest absolute Gasteiger partial charge is 0.196 e. The van der Waals surface area contributed by atoms with Crippen molar-refractivity contribution >= 4 is 17.4 Å². The third kappa shape index (κ3) is 2.44. The third-order valence-corrected chi connectivity index (χ3v) is 3.05. The van der Waals surface area contributed by atoms with Crippen LogP contribution in [0.4, 0.5) is 4.39 Å². The van der Waals surface area contributed by atoms with Crippen LogP contribution in [0.5, 0.6) is 0 Å². The second kappa shape index (κ2) is 4.91. The molecule has 0 spiro atoms. The van der Waals surface area contributed by atoms with Crippen molar-refractivity contribution in [2.24, 2.45) is 0 Å². The van der Waals surface area contributed by atoms with E-state index in [0.29, 0.717) is 5.56 Å². The molecular weight excluding hydrogens is 251 g/mol. The first-order valence-electron chi connectivity index (χ1n) is 5.56. The summed E-state index contributed by atoms with van der Waals surface area (Å²) in [5.74, 6) is -0.904. The Morgan fingerprint density at radius 2 is 1.78 bits per heavy atom. The zero-order valence-electron chi connectivity index (χ0n) is 10.1. The minimum absolute atomic E-state index is 0.0492. The minimum atomic E-state index is -0.589. The fourth-order valence-corrected chi connectivity index (χ4v) is 1.96. The van der Waals surface area contributed by atoms with Crippen LogP contribution >= 0.6 is 11.6 Å². The highest BCUT2D eigenvalue weighted by Gasteiger charge is 2.16. The molecule has 0 aliphatic heterocycles. The Balaban J connectivity index is 2.51. The van der Waals surface area contributed by atoms with E-state index in [1.807, 2.05) is 26.0 Å². The molecule has 2 aromatic rings. The molecule has 0 amide bonds. The fourth-order valence-electron chi connectivity index (χ4n) is 1.80. The summed E-state index contributed by atoms with van der Waals surface area (Å²) >= 11 is 5.67. The standard InChI is InChI=1S/C15H12ClFO/c1-9-3-4-10(2)13(7-9)15(18)12-6-5-11(16)8-14(12)17/h3-8H,1-2H3. The quantitative estimate of drug-likeness (QED) is 0.737. The van der Waals surface area contributed by atoms with Crippen LogP contribution in [0.15, 0.2) is 36.4 Å². The van der Waals surface area contributed by atoms with Crippen LogP contribution in [-0.4, -0.2) is 5.78 Å². The molecule has 0 saturated carbocycles. The van der Waals surface area contributed by atoms with E-state index in [1.165, 1.54) is 12.1 Å². The average Bonchev–Trinajstić information content (AvgIpc) is 2.31. The first kappa shape index (κ1) is 12.8. The van der Waals surface area contributed by atoms with E-state index in [2.05, 4.69) is 0 Å². The molecule has 92 valence electrons. The largest absolute Gasteiger partial charge is 0.288 e. The van der Waals surface area contributed by atoms with Gasteiger partial charge in [0.15, 0.2) is 5.78 Å². The van der Waals surface area contributed by atoms with E-state index < -0.39 is 5.82 Å². The first-order chi connectivity index (χ1) is 8.49. The molecule has 0 fully saturated rings. The van der Waals surface area contributed by atoms with Crippen LogP contribution in [0.3, 0.4) is 0 Å². The molecule has 0 saturated heterocycles. The van der Waals surface area contributed by atoms with Gasteiger partial charge in [-0.1, -0.05) is 29.3 Å². The van der Waals surface area contributed by atoms with Gasteiger partial charge in [0, 0.05) is 10.6 Å². The Bertz CT molecular complexity index is 620. The van der Waals surface area contributed by atoms with E-state index in [9.17, 15) is 9.18 Å². The Labute approximate surface area is 110 Å². The molecule has 3 heteroatoms. The molecule has 0 atom stereocenters. The van der Waals surface area contributed by atoms with E-state index in [1.54, 1.807) is 6.07 Å². The molecular formula is C15H12ClFO. The maximum atomic E-state index is 13.7. The highest BCUT2D eigenvalue weighted by molar-refractivity contribution is 6.30. The van der Waals surface area contributed by atoms with Crippen LogP contribution in [-0.2, 0) is 0 Å². The van der Waals surface area contributed by atoms with E-state index >= 15 is 0 Å². The number of benzene rings is 2. The Morgan fingerprint density at radius 1 is 1.06 bits per heavy atom. The van der Waals surface area contributed by atoms with Gasteiger partial charge in [-0.2, -0.15) is 0 Å². The summed E-state index contributed by atoms with van der Waals surface area (Å²) in [5.41, 5.74) is 2.38. The number of ketones is 1. The number of carbonyl (C=O) groups excluding carboxylic acids is 1. The van der Waals surface area contributed by atoms with Crippen molar-refractivity contribution in [1.29, 1.82) is 0 Å². The fraction of sp³-hybridized carbons (Fsp3) is 0.133. The SMILES string of the molecule is Cc1ccc(C)c(C(=O)c2ccc(Cl)cc2F)c1. The summed E-state index contributed by atoms with van der Waals surface area (Å²) in [7, 11) is 0. The number of hydrogen-bond acceptors (Lipinski definition) is 1. The molecule has 0 heterocycles. The summed E-state index contributed by atoms with van der Waals surface area (Å²) in [4.78, 5) is 12.3. The first-order valence-corrected chi connectivity index (χ1v) is 5.94. The van der Waals surface area contributed by atoms with Crippen LogP contribution in [0.2, 0.25) is 5.02 Å². The van der Waals surface area contributed by atoms with Crippen molar-refractivity contribution in [3.8, 4) is 0 Å². The van der Waals surface area contributed by atoms with Crippen molar-refractivity contribution in [2.75, 3.05) is 0 Å². The van der Waals surface area contributed by atoms with Crippen LogP contribution in [0.1, 0.15) is 27.0 Å². The summed E-state index contributed by atoms with van der Waals surface area (Å²) in [6, 6.07) is 9.64. The summed E-state index contributed by atoms with van der Waals surface area (Å²) in [6.45, 7) is 3.73. The molecule has 0 aromatic heterocycles. The number of carbonyl (C=O) groups is 1. The predicted octanol–water partition coefficient (Wildman–Crippen LogP) is 4.33. The Kier molecular flexibility index (Phi) is 3.48. The lowest BCUT2D eigenvalue weighted by molar-refractivity contribution is 0.103. The van der Waals surface area contributed by atoms with E-state index in [0.717, 1.165) is 17.2 Å². The van der Waals surface area contributed by atoms with Gasteiger partial charge in [0.2, 0.25) is 0 Å². The zero-order chi connectivity index (χ0) is 13.3. The minimum Gasteiger partial charge on any atom is -0.288 e. The summed E-state index contributed by atoms with van der Waals surface area (Å²) in [6.07, 6.45) is 0. The van der Waals surface area contributed by atoms with Crippen molar-refractivity contribution in [3.05, 3.63) is 69.5 Å². The number of halogens is 2. The van der Waals surface area contributed by atoms with Gasteiger partial charge in [-0.3, -0.25) is 4.79 Å². The van der Waals surface area contributed by atoms with Gasteiger partial charge < -0.3 is 0 Å². The third-order valence-electron chi connectivity index (χ3n) is 2.81. The van der Waals surface area contributed by atoms with Crippen molar-refractivity contribution in [3.63, 3.8) is 0 Å². The van der Waals surface area contributed by atoms with Gasteiger partial charge in [0.25, 0.3) is 0 Å². The maximum Gasteiger partial charge on any atom is 0.196 e. The van der Waals surface area contributed by atoms with Gasteiger partial charge in [0.05, 0.1) is 5.56 Å². The molecule has 18 heavy (non-hydrogen) atoms. The second-order valence-electron chi connectivity index (χ2n) is 4.27. The lowest BCUT2D eigenvalue weighted by atomic mass is 9.97. The van der Waals surface area contributed by atoms with Crippen molar-refractivity contribution in [2.45, 2.75) is 13.8 Å². The highest BCUT2D eigenvalue weighted by Crippen LogP contribution is 2.20. The normalized spacial score (nSPS) is 10.4. The zero-order valence-corrected chi connectivity index (χ0v) is 10.9. The van der Waals surface area contributed by atoms with Crippen LogP contribution < -0.4 is 0 Å². The van der Waals surface area contributed by atoms with Gasteiger partial charge in [-0.25, -0.2) is 4.39 Å². The molecule has 0 aliphatic rings. The number of rotatable bonds is 2. The lowest BCUT2D eigenvalue weighted by Gasteiger charge is -2.07. The summed E-state index contributed by atoms with van der Waals surface area (Å²) < 4.78 is 13.7. The van der Waals surface area contributed by atoms with Gasteiger partial charge in [-0.05, 0) is 43.7 Å². The second-order valence-corrected chi connectivity index (χ2v) is 4.71. The predicted molar refractivity (Wildman–Crippen MR) is 70.8 cm³/mol. The molecule has 0 aliphatic carbocycles. The number of hydrogen-bond donors (Lipinski definition) is 0. The van der Waals surface area contributed by atoms with E-state index in [4.69, 9.17) is 11.6 Å². The lowest BCUT2D eigenvalue weighted by Crippen LogP contribution is -2.06. The van der Waals surface area contributed by atoms with Crippen molar-refractivity contribution in [1.82, 2.24) is 0 Å². The molecule has 2 rings (SSSR count). The maximum absolute atomic E-state index is 13.7. The van der Waals surface area contributed by atoms with Gasteiger partial charge in [-0.15, -0.1) is 0 Å². The molecule has 0 bridgehead atoms. The van der Waals surface area contributed by atoms with Gasteiger partial charge >= 0.3 is 0 Å². The molecule has 0 radical (unpaired) electrons. The van der Waals surface area contributed by atoms with Crippen LogP contribution in [0.25, 0.3) is 0 Å². The Hall–Kier alpha value is -1.67. The molecule has 2 aromatic carbocycles. The summed E-state index contributed by atoms with van der Waals surface area (Å²) in [5, 5.41) is 0.282. The van der Waals surface area contributed by atoms with Crippen LogP contribution in [0, 0.1) is 19.7 Å². The Morgan fingerprint density at radius 3 is 2.44 bits per heavy atom. The molecule has 0 unspecified atom stereocenters. The molecule has 1 nitrogen and oxygen atoms in total. The monoisotopic (exact) mass is 262 g/mol. The number of aryl methyl sites for hydroxylation is 2. The topological polar surface area (TPSA) is 17.1 Å². The molecule has 0 N–H and O–H groups in total. The highest BCUT2D eigenvalue weighted by atomic mass is 35.5. The van der Waals surface area contributed by atoms with Gasteiger partial charge in [0.1, 0.15) is 5.82 Å².